The summed E-state index contributed by atoms with van der Waals surface area (Å²) in [4.78, 5) is 7.52. The molecule has 0 aliphatic heterocycles. The fourth-order valence-electron chi connectivity index (χ4n) is 3.47. The molecule has 5 rings (SSSR count). The second-order valence-corrected chi connectivity index (χ2v) is 7.33. The first-order valence-corrected chi connectivity index (χ1v) is 9.50. The Morgan fingerprint density at radius 3 is 2.62 bits per heavy atom. The average Bonchev–Trinajstić information content (AvgIpc) is 3.47. The molecular weight excluding hydrogens is 426 g/mol. The van der Waals surface area contributed by atoms with E-state index in [1.54, 1.807) is 29.5 Å². The molecule has 7 nitrogen and oxygen atoms in total. The van der Waals surface area contributed by atoms with Crippen molar-refractivity contribution in [1.82, 2.24) is 34.7 Å². The van der Waals surface area contributed by atoms with Gasteiger partial charge in [-0.05, 0) is 18.2 Å². The highest BCUT2D eigenvalue weighted by Gasteiger charge is 2.31. The maximum Gasteiger partial charge on any atom is 0.416 e. The van der Waals surface area contributed by atoms with Crippen LogP contribution in [0.2, 0.25) is 0 Å². The summed E-state index contributed by atoms with van der Waals surface area (Å²) in [5.41, 5.74) is 2.77. The molecule has 162 valence electrons. The van der Waals surface area contributed by atoms with Gasteiger partial charge in [-0.3, -0.25) is 4.68 Å². The van der Waals surface area contributed by atoms with Gasteiger partial charge in [-0.15, -0.1) is 5.10 Å². The summed E-state index contributed by atoms with van der Waals surface area (Å²) >= 11 is 0. The predicted molar refractivity (Wildman–Crippen MR) is 108 cm³/mol. The summed E-state index contributed by atoms with van der Waals surface area (Å²) < 4.78 is 55.5. The number of rotatable bonds is 4. The lowest BCUT2D eigenvalue weighted by Gasteiger charge is -2.09. The van der Waals surface area contributed by atoms with Crippen molar-refractivity contribution in [1.29, 1.82) is 0 Å². The number of halogens is 4. The van der Waals surface area contributed by atoms with Crippen LogP contribution in [0.15, 0.2) is 55.2 Å². The van der Waals surface area contributed by atoms with E-state index in [0.29, 0.717) is 17.4 Å². The van der Waals surface area contributed by atoms with E-state index in [2.05, 4.69) is 25.4 Å². The Morgan fingerprint density at radius 2 is 1.91 bits per heavy atom. The number of aromatic nitrogens is 7. The molecule has 5 aromatic rings. The normalized spacial score (nSPS) is 12.0. The van der Waals surface area contributed by atoms with Crippen LogP contribution in [0.25, 0.3) is 33.4 Å². The van der Waals surface area contributed by atoms with Gasteiger partial charge in [0.2, 0.25) is 0 Å². The quantitative estimate of drug-likeness (QED) is 0.419. The highest BCUT2D eigenvalue weighted by atomic mass is 19.4. The molecular formula is C21H15F4N7. The Balaban J connectivity index is 1.45. The maximum absolute atomic E-state index is 14.2. The van der Waals surface area contributed by atoms with Crippen molar-refractivity contribution in [3.63, 3.8) is 0 Å². The number of fused-ring (bicyclic) bond motifs is 1. The van der Waals surface area contributed by atoms with Gasteiger partial charge in [0.25, 0.3) is 0 Å². The van der Waals surface area contributed by atoms with Gasteiger partial charge >= 0.3 is 6.18 Å². The van der Waals surface area contributed by atoms with E-state index in [-0.39, 0.29) is 12.1 Å². The smallest absolute Gasteiger partial charge is 0.345 e. The van der Waals surface area contributed by atoms with E-state index < -0.39 is 17.6 Å². The van der Waals surface area contributed by atoms with Crippen molar-refractivity contribution in [2.75, 3.05) is 0 Å². The molecule has 0 spiro atoms. The molecule has 0 atom stereocenters. The van der Waals surface area contributed by atoms with Crippen LogP contribution in [-0.2, 0) is 19.8 Å². The van der Waals surface area contributed by atoms with Crippen LogP contribution in [0, 0.1) is 5.82 Å². The third-order valence-electron chi connectivity index (χ3n) is 5.10. The van der Waals surface area contributed by atoms with Crippen LogP contribution in [0.3, 0.4) is 0 Å². The second-order valence-electron chi connectivity index (χ2n) is 7.33. The molecule has 0 unspecified atom stereocenters. The lowest BCUT2D eigenvalue weighted by molar-refractivity contribution is -0.137. The molecule has 0 amide bonds. The largest absolute Gasteiger partial charge is 0.416 e. The number of H-pyrrole nitrogens is 1. The number of nitrogens with one attached hydrogen (secondary N) is 1. The molecule has 0 radical (unpaired) electrons. The first-order chi connectivity index (χ1) is 15.3. The Kier molecular flexibility index (Phi) is 4.54. The summed E-state index contributed by atoms with van der Waals surface area (Å²) in [6.45, 7) is -0.0570. The summed E-state index contributed by atoms with van der Waals surface area (Å²) in [7, 11) is 1.83. The molecule has 0 aliphatic rings. The van der Waals surface area contributed by atoms with Crippen LogP contribution in [0.1, 0.15) is 11.1 Å². The zero-order valence-corrected chi connectivity index (χ0v) is 16.6. The van der Waals surface area contributed by atoms with E-state index in [1.165, 1.54) is 4.68 Å². The van der Waals surface area contributed by atoms with Gasteiger partial charge in [-0.2, -0.15) is 18.3 Å². The SMILES string of the molecule is Cn1cc(-c2cnc3[nH]cc(-c4cn(Cc5ccc(C(F)(F)F)cc5F)nn4)c3c2)cn1. The van der Waals surface area contributed by atoms with Crippen LogP contribution in [-0.4, -0.2) is 34.7 Å². The summed E-state index contributed by atoms with van der Waals surface area (Å²) in [5, 5.41) is 13.1. The Hall–Kier alpha value is -4.02. The Bertz CT molecular complexity index is 1430. The van der Waals surface area contributed by atoms with Gasteiger partial charge in [-0.25, -0.2) is 14.1 Å². The van der Waals surface area contributed by atoms with Gasteiger partial charge in [-0.1, -0.05) is 11.3 Å². The number of benzene rings is 1. The van der Waals surface area contributed by atoms with E-state index in [9.17, 15) is 17.6 Å². The molecule has 0 saturated heterocycles. The number of aromatic amines is 1. The van der Waals surface area contributed by atoms with Crippen molar-refractivity contribution in [3.8, 4) is 22.4 Å². The zero-order valence-electron chi connectivity index (χ0n) is 16.6. The fourth-order valence-corrected chi connectivity index (χ4v) is 3.47. The predicted octanol–water partition coefficient (Wildman–Crippen LogP) is 4.43. The van der Waals surface area contributed by atoms with Crippen molar-refractivity contribution >= 4 is 11.0 Å². The molecule has 32 heavy (non-hydrogen) atoms. The minimum Gasteiger partial charge on any atom is -0.345 e. The van der Waals surface area contributed by atoms with E-state index in [4.69, 9.17) is 0 Å². The molecule has 4 aromatic heterocycles. The molecule has 0 bridgehead atoms. The third-order valence-corrected chi connectivity index (χ3v) is 5.10. The first-order valence-electron chi connectivity index (χ1n) is 9.50. The number of hydrogen-bond donors (Lipinski definition) is 1. The zero-order chi connectivity index (χ0) is 22.5. The van der Waals surface area contributed by atoms with E-state index >= 15 is 0 Å². The van der Waals surface area contributed by atoms with Crippen LogP contribution < -0.4 is 0 Å². The van der Waals surface area contributed by atoms with Crippen molar-refractivity contribution in [2.24, 2.45) is 7.05 Å². The monoisotopic (exact) mass is 441 g/mol. The Morgan fingerprint density at radius 1 is 1.06 bits per heavy atom. The van der Waals surface area contributed by atoms with Crippen LogP contribution in [0.5, 0.6) is 0 Å². The van der Waals surface area contributed by atoms with Crippen molar-refractivity contribution in [3.05, 3.63) is 72.2 Å². The van der Waals surface area contributed by atoms with Crippen molar-refractivity contribution < 1.29 is 17.6 Å². The highest BCUT2D eigenvalue weighted by molar-refractivity contribution is 5.94. The summed E-state index contributed by atoms with van der Waals surface area (Å²) in [5.74, 6) is -0.950. The molecule has 0 aliphatic carbocycles. The van der Waals surface area contributed by atoms with Crippen LogP contribution >= 0.6 is 0 Å². The lowest BCUT2D eigenvalue weighted by atomic mass is 10.1. The average molecular weight is 441 g/mol. The third kappa shape index (κ3) is 3.61. The molecule has 1 aromatic carbocycles. The number of pyridine rings is 1. The van der Waals surface area contributed by atoms with Gasteiger partial charge in [0.1, 0.15) is 17.2 Å². The fraction of sp³-hybridized carbons (Fsp3) is 0.143. The second kappa shape index (κ2) is 7.29. The lowest BCUT2D eigenvalue weighted by Crippen LogP contribution is -2.08. The minimum absolute atomic E-state index is 0.0570. The van der Waals surface area contributed by atoms with Gasteiger partial charge in [0, 0.05) is 53.3 Å². The molecule has 1 N–H and O–H groups in total. The summed E-state index contributed by atoms with van der Waals surface area (Å²) in [6, 6.07) is 4.40. The van der Waals surface area contributed by atoms with E-state index in [1.807, 2.05) is 19.3 Å². The topological polar surface area (TPSA) is 77.2 Å². The standard InChI is InChI=1S/C21H15F4N7/c1-31-9-14(7-28-31)13-4-16-17(8-27-20(16)26-6-13)19-11-32(30-29-19)10-12-2-3-15(5-18(12)22)21(23,24)25/h2-9,11H,10H2,1H3,(H,26,27). The number of aryl methyl sites for hydroxylation is 1. The Labute approximate surface area is 178 Å². The molecule has 0 fully saturated rings. The first kappa shape index (κ1) is 19.9. The summed E-state index contributed by atoms with van der Waals surface area (Å²) in [6.07, 6.45) is 4.12. The number of alkyl halides is 3. The van der Waals surface area contributed by atoms with E-state index in [0.717, 1.165) is 34.2 Å². The van der Waals surface area contributed by atoms with Crippen LogP contribution in [0.4, 0.5) is 17.6 Å². The molecule has 4 heterocycles. The molecule has 0 saturated carbocycles. The number of nitrogens with zero attached hydrogens (tertiary/aromatic N) is 6. The number of hydrogen-bond acceptors (Lipinski definition) is 4. The van der Waals surface area contributed by atoms with Crippen molar-refractivity contribution in [2.45, 2.75) is 12.7 Å². The molecule has 11 heteroatoms. The highest BCUT2D eigenvalue weighted by Crippen LogP contribution is 2.31. The van der Waals surface area contributed by atoms with Gasteiger partial charge < -0.3 is 4.98 Å². The van der Waals surface area contributed by atoms with Gasteiger partial charge in [0.05, 0.1) is 24.5 Å². The maximum atomic E-state index is 14.2. The minimum atomic E-state index is -4.60. The van der Waals surface area contributed by atoms with Gasteiger partial charge in [0.15, 0.2) is 0 Å².